The molecule has 0 spiro atoms. The van der Waals surface area contributed by atoms with Gasteiger partial charge in [-0.2, -0.15) is 4.68 Å². The number of fused-ring (bicyclic) bond motifs is 1. The Bertz CT molecular complexity index is 1290. The second-order valence-electron chi connectivity index (χ2n) is 6.84. The number of esters is 1. The molecule has 0 radical (unpaired) electrons. The summed E-state index contributed by atoms with van der Waals surface area (Å²) < 4.78 is 11.1. The topological polar surface area (TPSA) is 103 Å². The minimum atomic E-state index is -1.07. The van der Waals surface area contributed by atoms with E-state index in [1.165, 1.54) is 6.92 Å². The number of carbonyl (C=O) groups is 2. The molecule has 0 saturated carbocycles. The van der Waals surface area contributed by atoms with Gasteiger partial charge in [-0.1, -0.05) is 54.6 Å². The maximum absolute atomic E-state index is 12.5. The Kier molecular flexibility index (Phi) is 5.61. The predicted molar refractivity (Wildman–Crippen MR) is 114 cm³/mol. The van der Waals surface area contributed by atoms with Gasteiger partial charge in [0, 0.05) is 16.6 Å². The predicted octanol–water partition coefficient (Wildman–Crippen LogP) is 3.23. The van der Waals surface area contributed by atoms with Crippen LogP contribution in [0.1, 0.15) is 6.92 Å². The number of benzene rings is 3. The van der Waals surface area contributed by atoms with Crippen LogP contribution < -0.4 is 11.1 Å². The average Bonchev–Trinajstić information content (AvgIpc) is 3.14. The van der Waals surface area contributed by atoms with Crippen molar-refractivity contribution in [1.29, 1.82) is 0 Å². The van der Waals surface area contributed by atoms with Crippen molar-refractivity contribution in [3.05, 3.63) is 83.3 Å². The van der Waals surface area contributed by atoms with E-state index in [1.54, 1.807) is 30.3 Å². The fraction of sp³-hybridized carbons (Fsp3) is 0.130. The molecule has 1 heterocycles. The highest BCUT2D eigenvalue weighted by Crippen LogP contribution is 2.23. The van der Waals surface area contributed by atoms with Crippen molar-refractivity contribution in [3.8, 4) is 11.5 Å². The molecule has 1 aromatic heterocycles. The third-order valence-electron chi connectivity index (χ3n) is 4.63. The molecule has 0 aliphatic carbocycles. The van der Waals surface area contributed by atoms with E-state index in [-0.39, 0.29) is 5.89 Å². The molecule has 1 atom stereocenters. The maximum Gasteiger partial charge on any atom is 0.437 e. The second kappa shape index (κ2) is 8.66. The third-order valence-corrected chi connectivity index (χ3v) is 4.63. The van der Waals surface area contributed by atoms with Crippen LogP contribution in [0.4, 0.5) is 5.69 Å². The van der Waals surface area contributed by atoms with Crippen LogP contribution in [0.25, 0.3) is 22.2 Å². The highest BCUT2D eigenvalue weighted by Gasteiger charge is 2.21. The van der Waals surface area contributed by atoms with Gasteiger partial charge in [0.2, 0.25) is 5.89 Å². The molecule has 1 amide bonds. The van der Waals surface area contributed by atoms with Crippen molar-refractivity contribution < 1.29 is 18.7 Å². The first-order chi connectivity index (χ1) is 15.0. The first-order valence-corrected chi connectivity index (χ1v) is 9.63. The van der Waals surface area contributed by atoms with Gasteiger partial charge in [0.1, 0.15) is 6.54 Å². The zero-order chi connectivity index (χ0) is 21.8. The summed E-state index contributed by atoms with van der Waals surface area (Å²) >= 11 is 0. The van der Waals surface area contributed by atoms with Crippen molar-refractivity contribution in [3.63, 3.8) is 0 Å². The van der Waals surface area contributed by atoms with Gasteiger partial charge in [-0.3, -0.25) is 9.59 Å². The molecule has 0 bridgehead atoms. The van der Waals surface area contributed by atoms with Crippen molar-refractivity contribution in [2.45, 2.75) is 19.6 Å². The molecule has 1 N–H and O–H groups in total. The van der Waals surface area contributed by atoms with E-state index >= 15 is 0 Å². The van der Waals surface area contributed by atoms with Gasteiger partial charge in [0.25, 0.3) is 5.91 Å². The Morgan fingerprint density at radius 2 is 1.74 bits per heavy atom. The van der Waals surface area contributed by atoms with Crippen molar-refractivity contribution in [2.24, 2.45) is 0 Å². The SMILES string of the molecule is C[C@@H](OC(=O)Cn1nc(-c2ccccc2)oc1=O)C(=O)Nc1cccc2ccccc12. The molecule has 4 aromatic rings. The van der Waals surface area contributed by atoms with Gasteiger partial charge in [0.05, 0.1) is 0 Å². The first-order valence-electron chi connectivity index (χ1n) is 9.63. The van der Waals surface area contributed by atoms with E-state index in [9.17, 15) is 14.4 Å². The summed E-state index contributed by atoms with van der Waals surface area (Å²) in [6.45, 7) is 0.986. The Morgan fingerprint density at radius 1 is 1.03 bits per heavy atom. The van der Waals surface area contributed by atoms with Crippen LogP contribution in [-0.4, -0.2) is 27.8 Å². The summed E-state index contributed by atoms with van der Waals surface area (Å²) in [5.74, 6) is -1.96. The molecule has 0 unspecified atom stereocenters. The maximum atomic E-state index is 12.5. The highest BCUT2D eigenvalue weighted by atomic mass is 16.5. The van der Waals surface area contributed by atoms with E-state index in [4.69, 9.17) is 9.15 Å². The number of nitrogens with one attached hydrogen (secondary N) is 1. The number of aromatic nitrogens is 2. The van der Waals surface area contributed by atoms with Gasteiger partial charge in [0.15, 0.2) is 6.10 Å². The van der Waals surface area contributed by atoms with E-state index < -0.39 is 30.3 Å². The molecule has 156 valence electrons. The molecule has 0 aliphatic rings. The quantitative estimate of drug-likeness (QED) is 0.483. The summed E-state index contributed by atoms with van der Waals surface area (Å²) in [7, 11) is 0. The molecule has 4 rings (SSSR count). The molecule has 8 heteroatoms. The van der Waals surface area contributed by atoms with Gasteiger partial charge in [-0.15, -0.1) is 5.10 Å². The number of rotatable bonds is 6. The lowest BCUT2D eigenvalue weighted by Gasteiger charge is -2.14. The number of ether oxygens (including phenoxy) is 1. The van der Waals surface area contributed by atoms with Gasteiger partial charge < -0.3 is 14.5 Å². The van der Waals surface area contributed by atoms with E-state index in [0.717, 1.165) is 15.5 Å². The molecule has 0 fully saturated rings. The summed E-state index contributed by atoms with van der Waals surface area (Å²) in [5, 5.41) is 8.63. The van der Waals surface area contributed by atoms with Crippen molar-refractivity contribution >= 4 is 28.3 Å². The van der Waals surface area contributed by atoms with Crippen LogP contribution >= 0.6 is 0 Å². The number of nitrogens with zero attached hydrogens (tertiary/aromatic N) is 2. The number of anilines is 1. The van der Waals surface area contributed by atoms with Crippen LogP contribution in [0.15, 0.2) is 82.0 Å². The zero-order valence-corrected chi connectivity index (χ0v) is 16.6. The molecule has 31 heavy (non-hydrogen) atoms. The molecule has 0 saturated heterocycles. The van der Waals surface area contributed by atoms with Gasteiger partial charge in [-0.25, -0.2) is 4.79 Å². The minimum absolute atomic E-state index is 0.0974. The van der Waals surface area contributed by atoms with Crippen LogP contribution in [0.2, 0.25) is 0 Å². The minimum Gasteiger partial charge on any atom is -0.451 e. The highest BCUT2D eigenvalue weighted by molar-refractivity contribution is 6.03. The number of hydrogen-bond acceptors (Lipinski definition) is 6. The molecule has 8 nitrogen and oxygen atoms in total. The Hall–Kier alpha value is -4.20. The fourth-order valence-corrected chi connectivity index (χ4v) is 3.08. The van der Waals surface area contributed by atoms with Crippen molar-refractivity contribution in [2.75, 3.05) is 5.32 Å². The number of hydrogen-bond donors (Lipinski definition) is 1. The number of amides is 1. The molecule has 3 aromatic carbocycles. The number of carbonyl (C=O) groups excluding carboxylic acids is 2. The van der Waals surface area contributed by atoms with Crippen LogP contribution in [-0.2, 0) is 20.9 Å². The van der Waals surface area contributed by atoms with E-state index in [0.29, 0.717) is 11.3 Å². The lowest BCUT2D eigenvalue weighted by Crippen LogP contribution is -2.32. The van der Waals surface area contributed by atoms with Gasteiger partial charge in [-0.05, 0) is 30.5 Å². The van der Waals surface area contributed by atoms with Crippen LogP contribution in [0.3, 0.4) is 0 Å². The Labute approximate surface area is 177 Å². The first kappa shape index (κ1) is 20.1. The summed E-state index contributed by atoms with van der Waals surface area (Å²) in [6.07, 6.45) is -1.07. The Morgan fingerprint density at radius 3 is 2.55 bits per heavy atom. The lowest BCUT2D eigenvalue weighted by atomic mass is 10.1. The van der Waals surface area contributed by atoms with Crippen molar-refractivity contribution in [1.82, 2.24) is 9.78 Å². The normalized spacial score (nSPS) is 11.8. The van der Waals surface area contributed by atoms with Crippen LogP contribution in [0.5, 0.6) is 0 Å². The smallest absolute Gasteiger partial charge is 0.437 e. The monoisotopic (exact) mass is 417 g/mol. The average molecular weight is 417 g/mol. The zero-order valence-electron chi connectivity index (χ0n) is 16.6. The van der Waals surface area contributed by atoms with E-state index in [2.05, 4.69) is 10.4 Å². The van der Waals surface area contributed by atoms with E-state index in [1.807, 2.05) is 42.5 Å². The lowest BCUT2D eigenvalue weighted by molar-refractivity contribution is -0.154. The molecular formula is C23H19N3O5. The van der Waals surface area contributed by atoms with Gasteiger partial charge >= 0.3 is 11.7 Å². The largest absolute Gasteiger partial charge is 0.451 e. The summed E-state index contributed by atoms with van der Waals surface area (Å²) in [5.41, 5.74) is 1.22. The standard InChI is InChI=1S/C23H19N3O5/c1-15(21(28)24-19-13-7-11-16-8-5-6-12-18(16)19)30-20(27)14-26-23(29)31-22(25-26)17-9-3-2-4-10-17/h2-13,15H,14H2,1H3,(H,24,28)/t15-/m1/s1. The molecule has 0 aliphatic heterocycles. The summed E-state index contributed by atoms with van der Waals surface area (Å²) in [4.78, 5) is 36.7. The third kappa shape index (κ3) is 4.53. The summed E-state index contributed by atoms with van der Waals surface area (Å²) in [6, 6.07) is 22.0. The Balaban J connectivity index is 1.40. The second-order valence-corrected chi connectivity index (χ2v) is 6.84. The van der Waals surface area contributed by atoms with Crippen LogP contribution in [0, 0.1) is 0 Å². The fourth-order valence-electron chi connectivity index (χ4n) is 3.08. The molecular weight excluding hydrogens is 398 g/mol.